The van der Waals surface area contributed by atoms with Gasteiger partial charge in [0.25, 0.3) is 0 Å². The minimum Gasteiger partial charge on any atom is -0.387 e. The number of aliphatic hydroxyl groups excluding tert-OH is 1. The average Bonchev–Trinajstić information content (AvgIpc) is 2.89. The maximum Gasteiger partial charge on any atom is 0.0953 e. The second-order valence-corrected chi connectivity index (χ2v) is 7.10. The molecule has 0 aromatic heterocycles. The molecule has 0 bridgehead atoms. The molecule has 0 heterocycles. The Bertz CT molecular complexity index is 1480. The first-order valence-electron chi connectivity index (χ1n) is 10.8. The lowest BCUT2D eigenvalue weighted by atomic mass is 10.1. The highest BCUT2D eigenvalue weighted by Gasteiger charge is 2.20. The van der Waals surface area contributed by atoms with E-state index in [1.165, 1.54) is 11.1 Å². The molecule has 0 saturated carbocycles. The lowest BCUT2D eigenvalue weighted by Crippen LogP contribution is -2.39. The molecule has 0 amide bonds. The van der Waals surface area contributed by atoms with E-state index in [0.29, 0.717) is 13.1 Å². The highest BCUT2D eigenvalue weighted by Crippen LogP contribution is 2.16. The molecule has 0 radical (unpaired) electrons. The molecule has 2 aromatic rings. The molecule has 0 aliphatic heterocycles. The van der Waals surface area contributed by atoms with E-state index < -0.39 is 6.10 Å². The fourth-order valence-electron chi connectivity index (χ4n) is 2.85. The first-order valence-corrected chi connectivity index (χ1v) is 10.8. The third kappa shape index (κ3) is 11.4. The van der Waals surface area contributed by atoms with Crippen LogP contribution in [0, 0.1) is 0 Å². The minimum absolute atomic E-state index is 0.149. The van der Waals surface area contributed by atoms with Crippen LogP contribution in [0.1, 0.15) is 18.1 Å². The zero-order valence-electron chi connectivity index (χ0n) is 19.5. The van der Waals surface area contributed by atoms with Crippen LogP contribution in [-0.2, 0) is 13.1 Å². The first kappa shape index (κ1) is 26.3. The monoisotopic (exact) mass is 449 g/mol. The zero-order chi connectivity index (χ0) is 25.0. The van der Waals surface area contributed by atoms with Gasteiger partial charge >= 0.3 is 0 Å². The van der Waals surface area contributed by atoms with E-state index in [2.05, 4.69) is 116 Å². The Labute approximate surface area is 206 Å². The number of aliphatic hydroxyl groups is 1. The lowest BCUT2D eigenvalue weighted by molar-refractivity contribution is 0.0781. The van der Waals surface area contributed by atoms with Crippen LogP contribution in [0.25, 0.3) is 0 Å². The van der Waals surface area contributed by atoms with E-state index in [4.69, 9.17) is 0 Å². The van der Waals surface area contributed by atoms with Gasteiger partial charge in [0.2, 0.25) is 0 Å². The predicted octanol–water partition coefficient (Wildman–Crippen LogP) is 5.80. The van der Waals surface area contributed by atoms with Gasteiger partial charge in [0.1, 0.15) is 0 Å². The molecule has 2 heteroatoms. The number of hydrogen-bond donors (Lipinski definition) is 1. The zero-order valence-corrected chi connectivity index (χ0v) is 19.5. The number of nitrogens with zero attached hydrogens (tertiary/aromatic N) is 1. The molecule has 0 fully saturated rings. The van der Waals surface area contributed by atoms with Crippen molar-refractivity contribution in [3.05, 3.63) is 165 Å². The summed E-state index contributed by atoms with van der Waals surface area (Å²) in [6, 6.07) is 20.3. The Morgan fingerprint density at radius 1 is 0.686 bits per heavy atom. The number of rotatable bonds is 7. The van der Waals surface area contributed by atoms with E-state index in [1.807, 2.05) is 43.3 Å². The maximum atomic E-state index is 10.7. The molecule has 0 aliphatic rings. The van der Waals surface area contributed by atoms with Crippen molar-refractivity contribution in [2.24, 2.45) is 0 Å². The Balaban J connectivity index is 2.22. The van der Waals surface area contributed by atoms with Crippen molar-refractivity contribution < 1.29 is 5.11 Å². The van der Waals surface area contributed by atoms with E-state index >= 15 is 0 Å². The summed E-state index contributed by atoms with van der Waals surface area (Å²) in [6.45, 7) is 6.76. The SMILES string of the molecule is C=C=C=C=C=C=C=C=C=C=C=C=C=C=C=C[C@H](O)[C@H](C)N(Cc1ccccc1)Cc1ccccc1. The molecule has 1 N–H and O–H groups in total. The molecule has 2 aromatic carbocycles. The van der Waals surface area contributed by atoms with Crippen molar-refractivity contribution in [3.63, 3.8) is 0 Å². The molecule has 2 rings (SSSR count). The highest BCUT2D eigenvalue weighted by molar-refractivity contribution is 5.17. The maximum absolute atomic E-state index is 10.7. The molecule has 166 valence electrons. The summed E-state index contributed by atoms with van der Waals surface area (Å²) in [5.74, 6) is 0. The lowest BCUT2D eigenvalue weighted by Gasteiger charge is -2.31. The molecule has 35 heavy (non-hydrogen) atoms. The van der Waals surface area contributed by atoms with Crippen LogP contribution in [-0.4, -0.2) is 22.2 Å². The van der Waals surface area contributed by atoms with E-state index in [9.17, 15) is 5.11 Å². The molecule has 0 saturated heterocycles. The number of benzene rings is 2. The third-order valence-electron chi connectivity index (χ3n) is 4.63. The average molecular weight is 450 g/mol. The first-order chi connectivity index (χ1) is 17.2. The van der Waals surface area contributed by atoms with E-state index in [1.54, 1.807) is 6.08 Å². The summed E-state index contributed by atoms with van der Waals surface area (Å²) < 4.78 is 0. The van der Waals surface area contributed by atoms with Gasteiger partial charge in [-0.3, -0.25) is 4.90 Å². The van der Waals surface area contributed by atoms with Crippen LogP contribution in [0.15, 0.2) is 154 Å². The van der Waals surface area contributed by atoms with Crippen molar-refractivity contribution in [2.75, 3.05) is 0 Å². The van der Waals surface area contributed by atoms with Gasteiger partial charge in [0, 0.05) is 19.1 Å². The van der Waals surface area contributed by atoms with Gasteiger partial charge in [-0.25, -0.2) is 0 Å². The minimum atomic E-state index is -0.741. The van der Waals surface area contributed by atoms with Crippen molar-refractivity contribution in [1.82, 2.24) is 4.90 Å². The van der Waals surface area contributed by atoms with Gasteiger partial charge in [-0.2, -0.15) is 0 Å². The smallest absolute Gasteiger partial charge is 0.0953 e. The normalized spacial score (nSPS) is 9.91. The van der Waals surface area contributed by atoms with Crippen molar-refractivity contribution in [3.8, 4) is 0 Å². The van der Waals surface area contributed by atoms with Crippen molar-refractivity contribution in [2.45, 2.75) is 32.2 Å². The van der Waals surface area contributed by atoms with Crippen LogP contribution in [0.4, 0.5) is 0 Å². The van der Waals surface area contributed by atoms with Crippen LogP contribution >= 0.6 is 0 Å². The van der Waals surface area contributed by atoms with E-state index in [-0.39, 0.29) is 6.04 Å². The molecule has 0 spiro atoms. The van der Waals surface area contributed by atoms with E-state index in [0.717, 1.165) is 0 Å². The van der Waals surface area contributed by atoms with Gasteiger partial charge in [-0.05, 0) is 99.5 Å². The van der Waals surface area contributed by atoms with Crippen molar-refractivity contribution in [1.29, 1.82) is 0 Å². The van der Waals surface area contributed by atoms with Gasteiger partial charge in [-0.15, -0.1) is 0 Å². The molecular weight excluding hydrogens is 426 g/mol. The van der Waals surface area contributed by atoms with Gasteiger partial charge in [-0.1, -0.05) is 72.1 Å². The summed E-state index contributed by atoms with van der Waals surface area (Å²) in [7, 11) is 0. The van der Waals surface area contributed by atoms with Crippen LogP contribution in [0.5, 0.6) is 0 Å². The summed E-state index contributed by atoms with van der Waals surface area (Å²) in [5, 5.41) is 10.7. The van der Waals surface area contributed by atoms with Crippen LogP contribution in [0.2, 0.25) is 0 Å². The quantitative estimate of drug-likeness (QED) is 0.541. The fraction of sp³-hybridized carbons (Fsp3) is 0.152. The molecule has 0 aliphatic carbocycles. The van der Waals surface area contributed by atoms with Crippen LogP contribution in [0.3, 0.4) is 0 Å². The molecular formula is C33H23NO. The Hall–Kier alpha value is -4.98. The third-order valence-corrected chi connectivity index (χ3v) is 4.63. The Morgan fingerprint density at radius 3 is 1.51 bits per heavy atom. The standard InChI is InChI=1S/C33H23NO/c1-3-4-5-6-7-8-9-10-11-12-13-14-15-22-27-33(35)30(2)34(28-31-23-18-16-19-24-31)29-32-25-20-17-21-26-32/h16-21,23-27,30,33,35H,1,28-29H2,2H3/t30-,33-/m0/s1. The predicted molar refractivity (Wildman–Crippen MR) is 137 cm³/mol. The van der Waals surface area contributed by atoms with Crippen LogP contribution < -0.4 is 0 Å². The second kappa shape index (κ2) is 16.6. The summed E-state index contributed by atoms with van der Waals surface area (Å²) in [5.41, 5.74) is 38.2. The Kier molecular flexibility index (Phi) is 12.5. The summed E-state index contributed by atoms with van der Waals surface area (Å²) >= 11 is 0. The van der Waals surface area contributed by atoms with Crippen molar-refractivity contribution >= 4 is 0 Å². The second-order valence-electron chi connectivity index (χ2n) is 7.10. The fourth-order valence-corrected chi connectivity index (χ4v) is 2.85. The topological polar surface area (TPSA) is 23.5 Å². The Morgan fingerprint density at radius 2 is 1.09 bits per heavy atom. The summed E-state index contributed by atoms with van der Waals surface area (Å²) in [6.07, 6.45) is 0.820. The van der Waals surface area contributed by atoms with Gasteiger partial charge < -0.3 is 5.11 Å². The molecule has 0 unspecified atom stereocenters. The molecule has 2 atom stereocenters. The summed E-state index contributed by atoms with van der Waals surface area (Å²) in [4.78, 5) is 2.23. The van der Waals surface area contributed by atoms with Gasteiger partial charge in [0.05, 0.1) is 6.10 Å². The molecule has 2 nitrogen and oxygen atoms in total. The van der Waals surface area contributed by atoms with Gasteiger partial charge in [0.15, 0.2) is 0 Å². The number of hydrogen-bond acceptors (Lipinski definition) is 2. The highest BCUT2D eigenvalue weighted by atomic mass is 16.3. The largest absolute Gasteiger partial charge is 0.387 e.